The largest absolute Gasteiger partial charge is 0.475 e. The van der Waals surface area contributed by atoms with Crippen molar-refractivity contribution in [3.63, 3.8) is 0 Å². The Balaban J connectivity index is 1.63. The second-order valence-corrected chi connectivity index (χ2v) is 8.77. The maximum absolute atomic E-state index is 13.5. The summed E-state index contributed by atoms with van der Waals surface area (Å²) < 4.78 is 57.8. The van der Waals surface area contributed by atoms with E-state index in [0.29, 0.717) is 0 Å². The van der Waals surface area contributed by atoms with Crippen molar-refractivity contribution in [2.45, 2.75) is 31.3 Å². The molecule has 0 N–H and O–H groups in total. The minimum atomic E-state index is -4.50. The Hall–Kier alpha value is -0.990. The van der Waals surface area contributed by atoms with E-state index < -0.39 is 11.4 Å². The van der Waals surface area contributed by atoms with Gasteiger partial charge in [0, 0.05) is 20.8 Å². The van der Waals surface area contributed by atoms with Gasteiger partial charge in [0.1, 0.15) is 5.75 Å². The Bertz CT molecular complexity index is 797. The highest BCUT2D eigenvalue weighted by atomic mass is 32.2. The summed E-state index contributed by atoms with van der Waals surface area (Å²) in [6, 6.07) is 12.6. The van der Waals surface area contributed by atoms with Gasteiger partial charge in [0.05, 0.1) is 4.90 Å². The lowest BCUT2D eigenvalue weighted by atomic mass is 10.1. The first-order valence-electron chi connectivity index (χ1n) is 7.02. The minimum Gasteiger partial charge on any atom is -0.426 e. The molecule has 2 aliphatic heterocycles. The van der Waals surface area contributed by atoms with Gasteiger partial charge in [0.2, 0.25) is 0 Å². The van der Waals surface area contributed by atoms with Crippen molar-refractivity contribution in [1.29, 1.82) is 0 Å². The van der Waals surface area contributed by atoms with E-state index >= 15 is 0 Å². The molecule has 0 amide bonds. The van der Waals surface area contributed by atoms with Gasteiger partial charge in [-0.3, -0.25) is 0 Å². The molecule has 0 aromatic heterocycles. The number of alkyl halides is 4. The molecule has 0 radical (unpaired) electrons. The smallest absolute Gasteiger partial charge is 0.426 e. The lowest BCUT2D eigenvalue weighted by Gasteiger charge is -2.32. The number of benzene rings is 2. The van der Waals surface area contributed by atoms with Crippen molar-refractivity contribution in [3.05, 3.63) is 48.0 Å². The van der Waals surface area contributed by atoms with E-state index in [-0.39, 0.29) is 27.7 Å². The molecule has 8 heteroatoms. The summed E-state index contributed by atoms with van der Waals surface area (Å²) in [5.41, 5.74) is 0.831. The van der Waals surface area contributed by atoms with E-state index in [9.17, 15) is 17.6 Å². The molecular formula is C16H10F4OS3. The number of hydrogen-bond acceptors (Lipinski definition) is 4. The molecule has 126 valence electrons. The SMILES string of the molecule is FC1(F)Oc2ccc(C3CSc4ccccc4S3)cc2SC1(F)F. The normalized spacial score (nSPS) is 23.8. The molecule has 2 aliphatic rings. The minimum absolute atomic E-state index is 0.0490. The average Bonchev–Trinajstić information content (AvgIpc) is 2.54. The fourth-order valence-electron chi connectivity index (χ4n) is 2.47. The number of rotatable bonds is 1. The molecule has 1 atom stereocenters. The summed E-state index contributed by atoms with van der Waals surface area (Å²) in [5, 5.41) is -4.20. The van der Waals surface area contributed by atoms with Crippen molar-refractivity contribution < 1.29 is 22.3 Å². The highest BCUT2D eigenvalue weighted by Crippen LogP contribution is 2.56. The third-order valence-corrected chi connectivity index (χ3v) is 7.54. The van der Waals surface area contributed by atoms with Crippen LogP contribution in [0.2, 0.25) is 0 Å². The molecule has 0 saturated heterocycles. The van der Waals surface area contributed by atoms with E-state index in [1.54, 1.807) is 29.6 Å². The zero-order chi connectivity index (χ0) is 16.9. The third kappa shape index (κ3) is 2.78. The molecule has 4 rings (SSSR count). The van der Waals surface area contributed by atoms with Crippen LogP contribution in [0.1, 0.15) is 10.8 Å². The van der Waals surface area contributed by atoms with Crippen LogP contribution in [0.25, 0.3) is 0 Å². The van der Waals surface area contributed by atoms with Gasteiger partial charge in [0.25, 0.3) is 0 Å². The van der Waals surface area contributed by atoms with Crippen LogP contribution < -0.4 is 4.74 Å². The fraction of sp³-hybridized carbons (Fsp3) is 0.250. The van der Waals surface area contributed by atoms with Crippen molar-refractivity contribution in [2.24, 2.45) is 0 Å². The van der Waals surface area contributed by atoms with Gasteiger partial charge in [0.15, 0.2) is 0 Å². The predicted octanol–water partition coefficient (Wildman–Crippen LogP) is 6.30. The Morgan fingerprint density at radius 1 is 0.958 bits per heavy atom. The molecule has 2 aromatic rings. The van der Waals surface area contributed by atoms with Crippen molar-refractivity contribution in [2.75, 3.05) is 5.75 Å². The van der Waals surface area contributed by atoms with E-state index in [4.69, 9.17) is 0 Å². The zero-order valence-electron chi connectivity index (χ0n) is 12.0. The quantitative estimate of drug-likeness (QED) is 0.529. The second-order valence-electron chi connectivity index (χ2n) is 5.31. The molecule has 0 fully saturated rings. The first-order chi connectivity index (χ1) is 11.4. The lowest BCUT2D eigenvalue weighted by molar-refractivity contribution is -0.273. The van der Waals surface area contributed by atoms with E-state index in [2.05, 4.69) is 4.74 Å². The van der Waals surface area contributed by atoms with Gasteiger partial charge in [-0.1, -0.05) is 18.2 Å². The van der Waals surface area contributed by atoms with Crippen molar-refractivity contribution in [3.8, 4) is 5.75 Å². The maximum Gasteiger partial charge on any atom is 0.475 e. The van der Waals surface area contributed by atoms with E-state index in [1.807, 2.05) is 24.3 Å². The molecule has 0 bridgehead atoms. The fourth-order valence-corrected chi connectivity index (χ4v) is 5.95. The molecule has 2 heterocycles. The van der Waals surface area contributed by atoms with Crippen LogP contribution >= 0.6 is 35.3 Å². The highest BCUT2D eigenvalue weighted by molar-refractivity contribution is 8.05. The third-order valence-electron chi connectivity index (χ3n) is 3.66. The molecule has 2 aromatic carbocycles. The molecule has 0 saturated carbocycles. The summed E-state index contributed by atoms with van der Waals surface area (Å²) in [6.07, 6.45) is -4.50. The molecule has 24 heavy (non-hydrogen) atoms. The highest BCUT2D eigenvalue weighted by Gasteiger charge is 2.63. The van der Waals surface area contributed by atoms with Crippen LogP contribution in [0.5, 0.6) is 5.75 Å². The first-order valence-corrected chi connectivity index (χ1v) is 9.70. The molecular weight excluding hydrogens is 380 g/mol. The van der Waals surface area contributed by atoms with Crippen LogP contribution in [0.4, 0.5) is 17.6 Å². The van der Waals surface area contributed by atoms with Gasteiger partial charge < -0.3 is 4.74 Å². The standard InChI is InChI=1S/C16H10F4OS3/c17-15(18)16(19,20)24-13-7-9(5-6-10(13)21-15)14-8-22-11-3-1-2-4-12(11)23-14/h1-7,14H,8H2. The first kappa shape index (κ1) is 16.5. The van der Waals surface area contributed by atoms with Crippen molar-refractivity contribution in [1.82, 2.24) is 0 Å². The second kappa shape index (κ2) is 5.78. The number of ether oxygens (including phenoxy) is 1. The van der Waals surface area contributed by atoms with Gasteiger partial charge >= 0.3 is 11.4 Å². The Morgan fingerprint density at radius 3 is 2.50 bits per heavy atom. The van der Waals surface area contributed by atoms with Crippen LogP contribution in [-0.4, -0.2) is 17.1 Å². The molecule has 0 aliphatic carbocycles. The van der Waals surface area contributed by atoms with E-state index in [0.717, 1.165) is 16.2 Å². The number of thioether (sulfide) groups is 3. The molecule has 0 spiro atoms. The van der Waals surface area contributed by atoms with Gasteiger partial charge in [-0.2, -0.15) is 17.6 Å². The van der Waals surface area contributed by atoms with Gasteiger partial charge in [-0.05, 0) is 41.6 Å². The average molecular weight is 390 g/mol. The summed E-state index contributed by atoms with van der Waals surface area (Å²) in [7, 11) is 0. The molecule has 1 nitrogen and oxygen atoms in total. The number of fused-ring (bicyclic) bond motifs is 2. The summed E-state index contributed by atoms with van der Waals surface area (Å²) in [4.78, 5) is 2.38. The maximum atomic E-state index is 13.5. The van der Waals surface area contributed by atoms with Crippen LogP contribution in [0.3, 0.4) is 0 Å². The van der Waals surface area contributed by atoms with Crippen LogP contribution in [0.15, 0.2) is 57.2 Å². The monoisotopic (exact) mass is 390 g/mol. The predicted molar refractivity (Wildman–Crippen MR) is 88.6 cm³/mol. The van der Waals surface area contributed by atoms with Crippen LogP contribution in [0, 0.1) is 0 Å². The van der Waals surface area contributed by atoms with Gasteiger partial charge in [-0.15, -0.1) is 23.5 Å². The topological polar surface area (TPSA) is 9.23 Å². The summed E-state index contributed by atoms with van der Waals surface area (Å²) in [6.45, 7) is 0. The van der Waals surface area contributed by atoms with Gasteiger partial charge in [-0.25, -0.2) is 0 Å². The summed E-state index contributed by atoms with van der Waals surface area (Å²) in [5.74, 6) is 0.590. The molecule has 1 unspecified atom stereocenters. The van der Waals surface area contributed by atoms with Crippen molar-refractivity contribution >= 4 is 35.3 Å². The number of halogens is 4. The number of hydrogen-bond donors (Lipinski definition) is 0. The Kier molecular flexibility index (Phi) is 3.97. The Morgan fingerprint density at radius 2 is 1.71 bits per heavy atom. The summed E-state index contributed by atoms with van der Waals surface area (Å²) >= 11 is 3.22. The lowest BCUT2D eigenvalue weighted by Crippen LogP contribution is -2.45. The zero-order valence-corrected chi connectivity index (χ0v) is 14.4. The van der Waals surface area contributed by atoms with E-state index in [1.165, 1.54) is 17.0 Å². The Labute approximate surface area is 148 Å². The van der Waals surface area contributed by atoms with Crippen LogP contribution in [-0.2, 0) is 0 Å².